The minimum Gasteiger partial charge on any atom is -0.456 e. The number of hydrogen-bond donors (Lipinski definition) is 1. The van der Waals surface area contributed by atoms with Crippen molar-refractivity contribution in [3.8, 4) is 22.6 Å². The molecule has 29 heavy (non-hydrogen) atoms. The lowest BCUT2D eigenvalue weighted by Gasteiger charge is -2.07. The van der Waals surface area contributed by atoms with Crippen LogP contribution in [0.3, 0.4) is 0 Å². The smallest absolute Gasteiger partial charge is 0.271 e. The number of hydrogen-bond acceptors (Lipinski definition) is 5. The molecule has 0 radical (unpaired) electrons. The van der Waals surface area contributed by atoms with Gasteiger partial charge < -0.3 is 10.2 Å². The van der Waals surface area contributed by atoms with E-state index in [4.69, 9.17) is 10.2 Å². The fourth-order valence-corrected chi connectivity index (χ4v) is 2.94. The van der Waals surface area contributed by atoms with Crippen molar-refractivity contribution in [2.24, 2.45) is 4.99 Å². The maximum absolute atomic E-state index is 10.9. The summed E-state index contributed by atoms with van der Waals surface area (Å²) in [6, 6.07) is 27.3. The Bertz CT molecular complexity index is 1170. The van der Waals surface area contributed by atoms with E-state index in [1.54, 1.807) is 6.07 Å². The first-order valence-corrected chi connectivity index (χ1v) is 8.95. The Morgan fingerprint density at radius 3 is 1.83 bits per heavy atom. The van der Waals surface area contributed by atoms with Crippen LogP contribution in [-0.2, 0) is 0 Å². The average molecular weight is 383 g/mol. The van der Waals surface area contributed by atoms with Gasteiger partial charge in [0.2, 0.25) is 0 Å². The van der Waals surface area contributed by atoms with Crippen molar-refractivity contribution in [3.63, 3.8) is 0 Å². The second-order valence-electron chi connectivity index (χ2n) is 6.39. The normalized spacial score (nSPS) is 10.5. The molecule has 3 aromatic carbocycles. The van der Waals surface area contributed by atoms with Gasteiger partial charge in [0.15, 0.2) is 0 Å². The quantitative estimate of drug-likeness (QED) is 0.292. The zero-order chi connectivity index (χ0) is 20.2. The van der Waals surface area contributed by atoms with Gasteiger partial charge in [0.05, 0.1) is 21.7 Å². The van der Waals surface area contributed by atoms with E-state index in [0.717, 1.165) is 11.1 Å². The van der Waals surface area contributed by atoms with Crippen LogP contribution in [0.4, 0.5) is 17.1 Å². The lowest BCUT2D eigenvalue weighted by atomic mass is 10.1. The van der Waals surface area contributed by atoms with E-state index >= 15 is 0 Å². The summed E-state index contributed by atoms with van der Waals surface area (Å²) in [4.78, 5) is 15.1. The van der Waals surface area contributed by atoms with E-state index in [2.05, 4.69) is 4.99 Å². The largest absolute Gasteiger partial charge is 0.456 e. The Morgan fingerprint density at radius 1 is 0.793 bits per heavy atom. The summed E-state index contributed by atoms with van der Waals surface area (Å²) in [5, 5.41) is 11.6. The van der Waals surface area contributed by atoms with Gasteiger partial charge in [0.25, 0.3) is 5.69 Å². The highest BCUT2D eigenvalue weighted by molar-refractivity contribution is 5.67. The zero-order valence-electron chi connectivity index (χ0n) is 15.4. The first kappa shape index (κ1) is 18.2. The van der Waals surface area contributed by atoms with Gasteiger partial charge in [-0.15, -0.1) is 0 Å². The number of nitro benzene ring substituents is 1. The number of non-ortho nitro benzene ring substituents is 1. The Hall–Kier alpha value is -4.19. The summed E-state index contributed by atoms with van der Waals surface area (Å²) in [5.41, 5.74) is 8.44. The molecule has 1 heterocycles. The minimum atomic E-state index is -0.484. The molecule has 0 aliphatic heterocycles. The molecule has 0 saturated carbocycles. The van der Waals surface area contributed by atoms with E-state index < -0.39 is 4.92 Å². The van der Waals surface area contributed by atoms with Crippen molar-refractivity contribution >= 4 is 17.1 Å². The summed E-state index contributed by atoms with van der Waals surface area (Å²) >= 11 is 0. The number of nitrogens with zero attached hydrogens (tertiary/aromatic N) is 2. The van der Waals surface area contributed by atoms with Gasteiger partial charge in [-0.3, -0.25) is 10.1 Å². The number of nitrogens with two attached hydrogens (primary N) is 1. The molecule has 2 N–H and O–H groups in total. The van der Waals surface area contributed by atoms with Crippen LogP contribution >= 0.6 is 0 Å². The number of rotatable bonds is 4. The second kappa shape index (κ2) is 7.82. The van der Waals surface area contributed by atoms with Crippen LogP contribution in [-0.4, -0.2) is 4.92 Å². The maximum atomic E-state index is 10.9. The molecule has 0 amide bonds. The van der Waals surface area contributed by atoms with E-state index in [-0.39, 0.29) is 11.4 Å². The molecule has 0 aliphatic carbocycles. The molecule has 6 nitrogen and oxygen atoms in total. The van der Waals surface area contributed by atoms with Gasteiger partial charge in [-0.05, 0) is 6.07 Å². The number of benzene rings is 3. The molecule has 0 unspecified atom stereocenters. The number of nitro groups is 1. The average Bonchev–Trinajstić information content (AvgIpc) is 2.76. The van der Waals surface area contributed by atoms with Crippen molar-refractivity contribution in [1.82, 2.24) is 0 Å². The van der Waals surface area contributed by atoms with Crippen LogP contribution in [0.5, 0.6) is 0 Å². The Labute approximate surface area is 166 Å². The molecule has 0 spiro atoms. The summed E-state index contributed by atoms with van der Waals surface area (Å²) in [6.07, 6.45) is 0. The van der Waals surface area contributed by atoms with Gasteiger partial charge in [0, 0.05) is 35.4 Å². The molecule has 0 bridgehead atoms. The van der Waals surface area contributed by atoms with Crippen molar-refractivity contribution in [2.45, 2.75) is 0 Å². The van der Waals surface area contributed by atoms with E-state index in [9.17, 15) is 10.1 Å². The molecular formula is C23H17N3O3. The van der Waals surface area contributed by atoms with Gasteiger partial charge in [-0.1, -0.05) is 60.7 Å². The predicted octanol–water partition coefficient (Wildman–Crippen LogP) is 5.34. The zero-order valence-corrected chi connectivity index (χ0v) is 15.4. The fraction of sp³-hybridized carbons (Fsp3) is 0. The van der Waals surface area contributed by atoms with E-state index in [1.807, 2.05) is 72.8 Å². The molecule has 4 aromatic rings. The third kappa shape index (κ3) is 4.06. The molecule has 0 fully saturated rings. The summed E-state index contributed by atoms with van der Waals surface area (Å²) < 4.78 is 6.13. The minimum absolute atomic E-state index is 0.0699. The SMILES string of the molecule is Nc1cc([N+](=O)[O-])ccc1N=c1cc(-c2ccccc2)oc(-c2ccccc2)c1. The summed E-state index contributed by atoms with van der Waals surface area (Å²) in [5.74, 6) is 1.32. The molecule has 142 valence electrons. The lowest BCUT2D eigenvalue weighted by molar-refractivity contribution is -0.384. The number of anilines is 1. The third-order valence-corrected chi connectivity index (χ3v) is 4.37. The van der Waals surface area contributed by atoms with Crippen LogP contribution in [0.15, 0.2) is 100 Å². The van der Waals surface area contributed by atoms with Crippen molar-refractivity contribution in [1.29, 1.82) is 0 Å². The highest BCUT2D eigenvalue weighted by Gasteiger charge is 2.09. The van der Waals surface area contributed by atoms with Gasteiger partial charge in [0.1, 0.15) is 11.5 Å². The topological polar surface area (TPSA) is 94.7 Å². The molecule has 0 aliphatic rings. The molecular weight excluding hydrogens is 366 g/mol. The predicted molar refractivity (Wildman–Crippen MR) is 112 cm³/mol. The Balaban J connectivity index is 1.89. The van der Waals surface area contributed by atoms with Crippen molar-refractivity contribution in [3.05, 3.63) is 106 Å². The van der Waals surface area contributed by atoms with Crippen molar-refractivity contribution in [2.75, 3.05) is 5.73 Å². The van der Waals surface area contributed by atoms with Gasteiger partial charge in [-0.2, -0.15) is 0 Å². The van der Waals surface area contributed by atoms with Gasteiger partial charge >= 0.3 is 0 Å². The number of nitrogen functional groups attached to an aromatic ring is 1. The van der Waals surface area contributed by atoms with Crippen molar-refractivity contribution < 1.29 is 9.34 Å². The summed E-state index contributed by atoms with van der Waals surface area (Å²) in [7, 11) is 0. The van der Waals surface area contributed by atoms with Gasteiger partial charge in [-0.25, -0.2) is 4.99 Å². The molecule has 0 atom stereocenters. The fourth-order valence-electron chi connectivity index (χ4n) is 2.94. The monoisotopic (exact) mass is 383 g/mol. The molecule has 4 rings (SSSR count). The first-order valence-electron chi connectivity index (χ1n) is 8.95. The molecule has 6 heteroatoms. The maximum Gasteiger partial charge on any atom is 0.271 e. The highest BCUT2D eigenvalue weighted by atomic mass is 16.6. The van der Waals surface area contributed by atoms with Crippen LogP contribution in [0.2, 0.25) is 0 Å². The molecule has 0 saturated heterocycles. The van der Waals surface area contributed by atoms with Crippen LogP contribution in [0.1, 0.15) is 0 Å². The second-order valence-corrected chi connectivity index (χ2v) is 6.39. The lowest BCUT2D eigenvalue weighted by Crippen LogP contribution is -2.02. The van der Waals surface area contributed by atoms with Crippen LogP contribution < -0.4 is 11.1 Å². The van der Waals surface area contributed by atoms with Crippen LogP contribution in [0, 0.1) is 10.1 Å². The van der Waals surface area contributed by atoms with E-state index in [1.165, 1.54) is 12.1 Å². The Kier molecular flexibility index (Phi) is 4.90. The molecule has 1 aromatic heterocycles. The third-order valence-electron chi connectivity index (χ3n) is 4.37. The van der Waals surface area contributed by atoms with E-state index in [0.29, 0.717) is 22.6 Å². The first-order chi connectivity index (χ1) is 14.1. The Morgan fingerprint density at radius 2 is 1.34 bits per heavy atom. The summed E-state index contributed by atoms with van der Waals surface area (Å²) in [6.45, 7) is 0. The van der Waals surface area contributed by atoms with Crippen LogP contribution in [0.25, 0.3) is 22.6 Å². The standard InChI is InChI=1S/C23H17N3O3/c24-20-15-19(26(27)28)11-12-21(20)25-18-13-22(16-7-3-1-4-8-16)29-23(14-18)17-9-5-2-6-10-17/h1-15H,24H2. The highest BCUT2D eigenvalue weighted by Crippen LogP contribution is 2.28.